The maximum absolute atomic E-state index is 12.0. The summed E-state index contributed by atoms with van der Waals surface area (Å²) in [5.41, 5.74) is 9.15. The third-order valence-corrected chi connectivity index (χ3v) is 3.40. The number of hydrogen-bond donors (Lipinski definition) is 1. The average molecular weight is 248 g/mol. The molecule has 0 fully saturated rings. The molecule has 2 rings (SSSR count). The first-order valence-electron chi connectivity index (χ1n) is 6.35. The standard InChI is InChI=1S/C14H20N2O2/c1-18-9-3-6-14(17)16-8-7-11-4-2-5-13(15)12(11)10-16/h2,4-5H,3,6-10,15H2,1H3. The van der Waals surface area contributed by atoms with Crippen molar-refractivity contribution in [3.63, 3.8) is 0 Å². The number of nitrogen functional groups attached to an aromatic ring is 1. The molecule has 98 valence electrons. The van der Waals surface area contributed by atoms with Crippen molar-refractivity contribution in [2.75, 3.05) is 26.0 Å². The maximum Gasteiger partial charge on any atom is 0.222 e. The van der Waals surface area contributed by atoms with Crippen molar-refractivity contribution in [1.29, 1.82) is 0 Å². The number of rotatable bonds is 4. The van der Waals surface area contributed by atoms with Crippen molar-refractivity contribution < 1.29 is 9.53 Å². The van der Waals surface area contributed by atoms with E-state index < -0.39 is 0 Å². The van der Waals surface area contributed by atoms with E-state index in [2.05, 4.69) is 6.07 Å². The summed E-state index contributed by atoms with van der Waals surface area (Å²) in [4.78, 5) is 13.9. The smallest absolute Gasteiger partial charge is 0.222 e. The third kappa shape index (κ3) is 2.82. The molecule has 0 saturated carbocycles. The Bertz CT molecular complexity index is 432. The third-order valence-electron chi connectivity index (χ3n) is 3.40. The van der Waals surface area contributed by atoms with E-state index in [-0.39, 0.29) is 5.91 Å². The number of nitrogens with two attached hydrogens (primary N) is 1. The van der Waals surface area contributed by atoms with Crippen LogP contribution < -0.4 is 5.73 Å². The van der Waals surface area contributed by atoms with E-state index in [1.54, 1.807) is 7.11 Å². The van der Waals surface area contributed by atoms with Crippen LogP contribution in [0, 0.1) is 0 Å². The van der Waals surface area contributed by atoms with Gasteiger partial charge in [0.15, 0.2) is 0 Å². The molecule has 0 bridgehead atoms. The van der Waals surface area contributed by atoms with Gasteiger partial charge in [-0.2, -0.15) is 0 Å². The highest BCUT2D eigenvalue weighted by Gasteiger charge is 2.21. The minimum absolute atomic E-state index is 0.195. The second-order valence-corrected chi connectivity index (χ2v) is 4.65. The monoisotopic (exact) mass is 248 g/mol. The van der Waals surface area contributed by atoms with Gasteiger partial charge in [0.25, 0.3) is 0 Å². The summed E-state index contributed by atoms with van der Waals surface area (Å²) in [6.45, 7) is 2.08. The zero-order valence-corrected chi connectivity index (χ0v) is 10.8. The van der Waals surface area contributed by atoms with E-state index in [0.29, 0.717) is 19.6 Å². The fourth-order valence-electron chi connectivity index (χ4n) is 2.35. The van der Waals surface area contributed by atoms with Gasteiger partial charge in [-0.1, -0.05) is 12.1 Å². The molecule has 0 saturated heterocycles. The lowest BCUT2D eigenvalue weighted by molar-refractivity contribution is -0.132. The first kappa shape index (κ1) is 12.9. The van der Waals surface area contributed by atoms with Crippen molar-refractivity contribution in [3.8, 4) is 0 Å². The van der Waals surface area contributed by atoms with Crippen LogP contribution in [0.15, 0.2) is 18.2 Å². The molecular weight excluding hydrogens is 228 g/mol. The molecule has 1 aliphatic heterocycles. The summed E-state index contributed by atoms with van der Waals surface area (Å²) < 4.78 is 4.96. The summed E-state index contributed by atoms with van der Waals surface area (Å²) in [6.07, 6.45) is 2.23. The molecule has 4 heteroatoms. The maximum atomic E-state index is 12.0. The Hall–Kier alpha value is -1.55. The molecule has 1 aromatic rings. The lowest BCUT2D eigenvalue weighted by atomic mass is 9.98. The van der Waals surface area contributed by atoms with Crippen molar-refractivity contribution in [1.82, 2.24) is 4.90 Å². The number of carbonyl (C=O) groups is 1. The normalized spacial score (nSPS) is 14.4. The molecule has 0 spiro atoms. The molecule has 0 aliphatic carbocycles. The van der Waals surface area contributed by atoms with Gasteiger partial charge in [0.05, 0.1) is 0 Å². The van der Waals surface area contributed by atoms with Crippen LogP contribution in [-0.2, 0) is 22.5 Å². The van der Waals surface area contributed by atoms with Crippen LogP contribution in [0.25, 0.3) is 0 Å². The molecule has 1 aromatic carbocycles. The summed E-state index contributed by atoms with van der Waals surface area (Å²) in [5, 5.41) is 0. The van der Waals surface area contributed by atoms with Crippen molar-refractivity contribution >= 4 is 11.6 Å². The molecule has 2 N–H and O–H groups in total. The zero-order valence-electron chi connectivity index (χ0n) is 10.8. The van der Waals surface area contributed by atoms with Crippen LogP contribution in [0.3, 0.4) is 0 Å². The second-order valence-electron chi connectivity index (χ2n) is 4.65. The van der Waals surface area contributed by atoms with Crippen molar-refractivity contribution in [3.05, 3.63) is 29.3 Å². The molecule has 1 heterocycles. The minimum atomic E-state index is 0.195. The molecule has 4 nitrogen and oxygen atoms in total. The van der Waals surface area contributed by atoms with Gasteiger partial charge in [-0.25, -0.2) is 0 Å². The number of amides is 1. The van der Waals surface area contributed by atoms with Gasteiger partial charge in [0.2, 0.25) is 5.91 Å². The summed E-state index contributed by atoms with van der Waals surface area (Å²) in [7, 11) is 1.66. The molecular formula is C14H20N2O2. The molecule has 0 atom stereocenters. The van der Waals surface area contributed by atoms with Crippen LogP contribution in [0.4, 0.5) is 5.69 Å². The fraction of sp³-hybridized carbons (Fsp3) is 0.500. The zero-order chi connectivity index (χ0) is 13.0. The molecule has 0 aromatic heterocycles. The number of fused-ring (bicyclic) bond motifs is 1. The van der Waals surface area contributed by atoms with Crippen LogP contribution in [-0.4, -0.2) is 31.1 Å². The number of benzene rings is 1. The number of methoxy groups -OCH3 is 1. The molecule has 0 unspecified atom stereocenters. The Morgan fingerprint density at radius 2 is 2.33 bits per heavy atom. The van der Waals surface area contributed by atoms with Gasteiger partial charge in [-0.3, -0.25) is 4.79 Å². The SMILES string of the molecule is COCCCC(=O)N1CCc2cccc(N)c2C1. The Morgan fingerprint density at radius 1 is 1.50 bits per heavy atom. The Morgan fingerprint density at radius 3 is 3.11 bits per heavy atom. The van der Waals surface area contributed by atoms with Crippen LogP contribution >= 0.6 is 0 Å². The van der Waals surface area contributed by atoms with E-state index >= 15 is 0 Å². The van der Waals surface area contributed by atoms with Gasteiger partial charge in [0.1, 0.15) is 0 Å². The van der Waals surface area contributed by atoms with E-state index in [4.69, 9.17) is 10.5 Å². The van der Waals surface area contributed by atoms with Crippen LogP contribution in [0.2, 0.25) is 0 Å². The van der Waals surface area contributed by atoms with Gasteiger partial charge in [-0.05, 0) is 30.0 Å². The Labute approximate surface area is 108 Å². The molecule has 0 radical (unpaired) electrons. The largest absolute Gasteiger partial charge is 0.398 e. The molecule has 18 heavy (non-hydrogen) atoms. The predicted molar refractivity (Wildman–Crippen MR) is 71.1 cm³/mol. The summed E-state index contributed by atoms with van der Waals surface area (Å²) >= 11 is 0. The lowest BCUT2D eigenvalue weighted by Crippen LogP contribution is -2.36. The van der Waals surface area contributed by atoms with E-state index in [1.807, 2.05) is 17.0 Å². The summed E-state index contributed by atoms with van der Waals surface area (Å²) in [5.74, 6) is 0.195. The van der Waals surface area contributed by atoms with E-state index in [1.165, 1.54) is 5.56 Å². The first-order chi connectivity index (χ1) is 8.72. The highest BCUT2D eigenvalue weighted by molar-refractivity contribution is 5.77. The second kappa shape index (κ2) is 5.87. The first-order valence-corrected chi connectivity index (χ1v) is 6.35. The fourth-order valence-corrected chi connectivity index (χ4v) is 2.35. The number of anilines is 1. The van der Waals surface area contributed by atoms with Gasteiger partial charge >= 0.3 is 0 Å². The quantitative estimate of drug-likeness (QED) is 0.650. The number of carbonyl (C=O) groups excluding carboxylic acids is 1. The number of nitrogens with zero attached hydrogens (tertiary/aromatic N) is 1. The number of hydrogen-bond acceptors (Lipinski definition) is 3. The van der Waals surface area contributed by atoms with Gasteiger partial charge < -0.3 is 15.4 Å². The Kier molecular flexibility index (Phi) is 4.20. The summed E-state index contributed by atoms with van der Waals surface area (Å²) in [6, 6.07) is 5.97. The lowest BCUT2D eigenvalue weighted by Gasteiger charge is -2.29. The van der Waals surface area contributed by atoms with E-state index in [9.17, 15) is 4.79 Å². The van der Waals surface area contributed by atoms with Crippen LogP contribution in [0.5, 0.6) is 0 Å². The number of ether oxygens (including phenoxy) is 1. The van der Waals surface area contributed by atoms with Crippen molar-refractivity contribution in [2.24, 2.45) is 0 Å². The Balaban J connectivity index is 1.99. The van der Waals surface area contributed by atoms with E-state index in [0.717, 1.165) is 30.6 Å². The highest BCUT2D eigenvalue weighted by Crippen LogP contribution is 2.24. The molecule has 1 amide bonds. The van der Waals surface area contributed by atoms with Gasteiger partial charge in [-0.15, -0.1) is 0 Å². The topological polar surface area (TPSA) is 55.6 Å². The average Bonchev–Trinajstić information content (AvgIpc) is 2.39. The minimum Gasteiger partial charge on any atom is -0.398 e. The highest BCUT2D eigenvalue weighted by atomic mass is 16.5. The van der Waals surface area contributed by atoms with Gasteiger partial charge in [0, 0.05) is 38.9 Å². The molecule has 1 aliphatic rings. The van der Waals surface area contributed by atoms with Crippen LogP contribution in [0.1, 0.15) is 24.0 Å². The van der Waals surface area contributed by atoms with Crippen molar-refractivity contribution in [2.45, 2.75) is 25.8 Å². The predicted octanol–water partition coefficient (Wildman–Crippen LogP) is 1.58.